The van der Waals surface area contributed by atoms with E-state index in [1.165, 1.54) is 30.5 Å². The van der Waals surface area contributed by atoms with Gasteiger partial charge >= 0.3 is 0 Å². The van der Waals surface area contributed by atoms with Gasteiger partial charge in [0.25, 0.3) is 11.6 Å². The third-order valence-corrected chi connectivity index (χ3v) is 3.32. The molecule has 0 fully saturated rings. The number of phenols is 1. The molecule has 0 unspecified atom stereocenters. The molecule has 0 atom stereocenters. The molecule has 1 heterocycles. The van der Waals surface area contributed by atoms with Crippen molar-refractivity contribution in [2.45, 2.75) is 0 Å². The number of aliphatic imine (C=N–C) groups is 1. The van der Waals surface area contributed by atoms with E-state index in [0.29, 0.717) is 10.6 Å². The average Bonchev–Trinajstić information content (AvgIpc) is 2.55. The van der Waals surface area contributed by atoms with E-state index < -0.39 is 10.8 Å². The summed E-state index contributed by atoms with van der Waals surface area (Å²) in [7, 11) is 0. The van der Waals surface area contributed by atoms with E-state index in [-0.39, 0.29) is 28.8 Å². The molecule has 24 heavy (non-hydrogen) atoms. The average molecular weight is 369 g/mol. The summed E-state index contributed by atoms with van der Waals surface area (Å²) in [5, 5.41) is 23.1. The van der Waals surface area contributed by atoms with Crippen LogP contribution in [0.3, 0.4) is 0 Å². The maximum Gasteiger partial charge on any atom is 0.287 e. The normalized spacial score (nSPS) is 10.8. The van der Waals surface area contributed by atoms with E-state index in [0.717, 1.165) is 6.20 Å². The Labute approximate surface area is 145 Å². The number of benzene rings is 1. The second-order valence-electron chi connectivity index (χ2n) is 4.46. The highest BCUT2D eigenvalue weighted by molar-refractivity contribution is 6.36. The summed E-state index contributed by atoms with van der Waals surface area (Å²) in [6, 6.07) is 5.26. The van der Waals surface area contributed by atoms with Gasteiger partial charge in [-0.05, 0) is 18.2 Å². The minimum absolute atomic E-state index is 0.0180. The number of nitro groups is 1. The van der Waals surface area contributed by atoms with Crippen molar-refractivity contribution in [2.75, 3.05) is 6.67 Å². The van der Waals surface area contributed by atoms with E-state index in [1.54, 1.807) is 0 Å². The van der Waals surface area contributed by atoms with E-state index in [9.17, 15) is 20.0 Å². The van der Waals surface area contributed by atoms with Crippen LogP contribution in [-0.4, -0.2) is 33.8 Å². The van der Waals surface area contributed by atoms with Gasteiger partial charge in [-0.1, -0.05) is 23.2 Å². The van der Waals surface area contributed by atoms with Crippen LogP contribution in [0.2, 0.25) is 10.0 Å². The third kappa shape index (κ3) is 4.40. The summed E-state index contributed by atoms with van der Waals surface area (Å²) in [6.45, 7) is -0.0962. The molecule has 0 spiro atoms. The lowest BCUT2D eigenvalue weighted by atomic mass is 10.2. The number of carbonyl (C=O) groups is 1. The molecule has 1 aromatic carbocycles. The van der Waals surface area contributed by atoms with Crippen molar-refractivity contribution in [1.29, 1.82) is 0 Å². The van der Waals surface area contributed by atoms with Crippen molar-refractivity contribution in [1.82, 2.24) is 10.3 Å². The number of phenolic OH excluding ortho intramolecular Hbond substituents is 1. The van der Waals surface area contributed by atoms with Gasteiger partial charge in [0.2, 0.25) is 0 Å². The molecule has 1 aromatic heterocycles. The second-order valence-corrected chi connectivity index (χ2v) is 5.30. The van der Waals surface area contributed by atoms with Crippen LogP contribution in [0.4, 0.5) is 5.69 Å². The molecule has 2 N–H and O–H groups in total. The minimum atomic E-state index is -0.610. The quantitative estimate of drug-likeness (QED) is 0.477. The van der Waals surface area contributed by atoms with Gasteiger partial charge in [-0.3, -0.25) is 19.9 Å². The zero-order valence-corrected chi connectivity index (χ0v) is 13.5. The lowest BCUT2D eigenvalue weighted by Crippen LogP contribution is -2.24. The number of aromatic nitrogens is 1. The zero-order chi connectivity index (χ0) is 17.7. The molecule has 2 rings (SSSR count). The van der Waals surface area contributed by atoms with E-state index in [1.807, 2.05) is 0 Å². The molecule has 10 heteroatoms. The Hall–Kier alpha value is -2.71. The van der Waals surface area contributed by atoms with Gasteiger partial charge < -0.3 is 10.4 Å². The molecule has 0 saturated carbocycles. The third-order valence-electron chi connectivity index (χ3n) is 2.81. The topological polar surface area (TPSA) is 118 Å². The summed E-state index contributed by atoms with van der Waals surface area (Å²) in [4.78, 5) is 29.3. The number of pyridine rings is 1. The first-order valence-electron chi connectivity index (χ1n) is 6.45. The smallest absolute Gasteiger partial charge is 0.287 e. The van der Waals surface area contributed by atoms with Crippen LogP contribution in [0.1, 0.15) is 16.1 Å². The maximum atomic E-state index is 11.8. The first kappa shape index (κ1) is 17.6. The number of hydrogen-bond acceptors (Lipinski definition) is 6. The summed E-state index contributed by atoms with van der Waals surface area (Å²) in [5.41, 5.74) is 0.109. The van der Waals surface area contributed by atoms with Crippen LogP contribution in [0.5, 0.6) is 5.75 Å². The summed E-state index contributed by atoms with van der Waals surface area (Å²) < 4.78 is 0. The van der Waals surface area contributed by atoms with Crippen LogP contribution in [0.15, 0.2) is 35.5 Å². The number of nitrogens with one attached hydrogen (secondary N) is 1. The van der Waals surface area contributed by atoms with Crippen molar-refractivity contribution < 1.29 is 14.8 Å². The number of nitrogens with zero attached hydrogens (tertiary/aromatic N) is 3. The van der Waals surface area contributed by atoms with Gasteiger partial charge in [-0.25, -0.2) is 4.98 Å². The molecule has 1 amide bonds. The van der Waals surface area contributed by atoms with Crippen LogP contribution < -0.4 is 5.32 Å². The summed E-state index contributed by atoms with van der Waals surface area (Å²) in [6.07, 6.45) is 2.29. The highest BCUT2D eigenvalue weighted by atomic mass is 35.5. The SMILES string of the molecule is O=C(NC/N=C/c1cc(Cl)cc(Cl)c1O)c1ccc([N+](=O)[O-])cn1. The number of amides is 1. The molecular weight excluding hydrogens is 359 g/mol. The number of aromatic hydroxyl groups is 1. The Bertz CT molecular complexity index is 809. The van der Waals surface area contributed by atoms with E-state index in [4.69, 9.17) is 23.2 Å². The first-order valence-corrected chi connectivity index (χ1v) is 7.20. The van der Waals surface area contributed by atoms with Crippen molar-refractivity contribution in [2.24, 2.45) is 4.99 Å². The maximum absolute atomic E-state index is 11.8. The fourth-order valence-electron chi connectivity index (χ4n) is 1.66. The Balaban J connectivity index is 1.96. The molecule has 8 nitrogen and oxygen atoms in total. The second kappa shape index (κ2) is 7.71. The molecular formula is C14H10Cl2N4O4. The fourth-order valence-corrected chi connectivity index (χ4v) is 2.17. The molecule has 124 valence electrons. The molecule has 2 aromatic rings. The molecule has 0 radical (unpaired) electrons. The molecule has 0 saturated heterocycles. The van der Waals surface area contributed by atoms with Crippen LogP contribution >= 0.6 is 23.2 Å². The van der Waals surface area contributed by atoms with E-state index in [2.05, 4.69) is 15.3 Å². The highest BCUT2D eigenvalue weighted by Crippen LogP contribution is 2.29. The number of hydrogen-bond donors (Lipinski definition) is 2. The van der Waals surface area contributed by atoms with Crippen LogP contribution in [-0.2, 0) is 0 Å². The lowest BCUT2D eigenvalue weighted by molar-refractivity contribution is -0.385. The first-order chi connectivity index (χ1) is 11.4. The standard InChI is InChI=1S/C14H10Cl2N4O4/c15-9-3-8(13(21)11(16)4-9)5-17-7-19-14(22)12-2-1-10(6-18-12)20(23)24/h1-6,21H,7H2,(H,19,22)/b17-5+. The number of halogens is 2. The van der Waals surface area contributed by atoms with Gasteiger partial charge in [0, 0.05) is 22.9 Å². The van der Waals surface area contributed by atoms with Gasteiger partial charge in [0.15, 0.2) is 0 Å². The van der Waals surface area contributed by atoms with Gasteiger partial charge in [0.05, 0.1) is 9.95 Å². The summed E-state index contributed by atoms with van der Waals surface area (Å²) >= 11 is 11.6. The monoisotopic (exact) mass is 368 g/mol. The molecule has 0 bridgehead atoms. The highest BCUT2D eigenvalue weighted by Gasteiger charge is 2.10. The number of rotatable bonds is 5. The van der Waals surface area contributed by atoms with Crippen molar-refractivity contribution in [3.63, 3.8) is 0 Å². The van der Waals surface area contributed by atoms with Crippen LogP contribution in [0.25, 0.3) is 0 Å². The van der Waals surface area contributed by atoms with Gasteiger partial charge in [0.1, 0.15) is 24.3 Å². The van der Waals surface area contributed by atoms with E-state index >= 15 is 0 Å². The largest absolute Gasteiger partial charge is 0.506 e. The van der Waals surface area contributed by atoms with Crippen molar-refractivity contribution >= 4 is 41.0 Å². The van der Waals surface area contributed by atoms with Crippen LogP contribution in [0, 0.1) is 10.1 Å². The Morgan fingerprint density at radius 2 is 2.17 bits per heavy atom. The van der Waals surface area contributed by atoms with Gasteiger partial charge in [-0.2, -0.15) is 0 Å². The molecule has 0 aliphatic rings. The Kier molecular flexibility index (Phi) is 5.67. The van der Waals surface area contributed by atoms with Crippen molar-refractivity contribution in [3.8, 4) is 5.75 Å². The molecule has 0 aliphatic heterocycles. The Morgan fingerprint density at radius 3 is 2.79 bits per heavy atom. The summed E-state index contributed by atoms with van der Waals surface area (Å²) in [5.74, 6) is -0.719. The molecule has 0 aliphatic carbocycles. The minimum Gasteiger partial charge on any atom is -0.506 e. The number of carbonyl (C=O) groups excluding carboxylic acids is 1. The van der Waals surface area contributed by atoms with Gasteiger partial charge in [-0.15, -0.1) is 0 Å². The zero-order valence-electron chi connectivity index (χ0n) is 11.9. The lowest BCUT2D eigenvalue weighted by Gasteiger charge is -2.03. The van der Waals surface area contributed by atoms with Crippen molar-refractivity contribution in [3.05, 3.63) is 61.9 Å². The Morgan fingerprint density at radius 1 is 1.42 bits per heavy atom. The predicted molar refractivity (Wildman–Crippen MR) is 88.9 cm³/mol. The fraction of sp³-hybridized carbons (Fsp3) is 0.0714. The predicted octanol–water partition coefficient (Wildman–Crippen LogP) is 2.81.